The van der Waals surface area contributed by atoms with Crippen molar-refractivity contribution in [1.82, 2.24) is 0 Å². The van der Waals surface area contributed by atoms with Crippen molar-refractivity contribution in [3.05, 3.63) is 80.7 Å². The predicted molar refractivity (Wildman–Crippen MR) is 123 cm³/mol. The van der Waals surface area contributed by atoms with Crippen molar-refractivity contribution in [2.75, 3.05) is 7.05 Å². The summed E-state index contributed by atoms with van der Waals surface area (Å²) in [7, 11) is 2.32. The first kappa shape index (κ1) is 20.6. The molecule has 0 aliphatic carbocycles. The predicted octanol–water partition coefficient (Wildman–Crippen LogP) is 3.92. The molecule has 1 aromatic carbocycles. The Labute approximate surface area is 195 Å². The molecule has 1 N–H and O–H groups in total. The molecule has 2 aromatic heterocycles. The van der Waals surface area contributed by atoms with Crippen LogP contribution in [0.15, 0.2) is 65.4 Å². The number of quaternary nitrogens is 1. The molecule has 5 nitrogen and oxygen atoms in total. The normalized spacial score (nSPS) is 33.0. The van der Waals surface area contributed by atoms with E-state index in [1.165, 1.54) is 28.2 Å². The summed E-state index contributed by atoms with van der Waals surface area (Å²) in [5.41, 5.74) is -0.424. The highest BCUT2D eigenvalue weighted by Crippen LogP contribution is 2.53. The molecule has 0 saturated carbocycles. The summed E-state index contributed by atoms with van der Waals surface area (Å²) < 4.78 is 13.0. The number of epoxide rings is 1. The van der Waals surface area contributed by atoms with E-state index in [0.29, 0.717) is 21.8 Å². The van der Waals surface area contributed by atoms with Gasteiger partial charge in [-0.05, 0) is 22.9 Å². The van der Waals surface area contributed by atoms with Crippen LogP contribution in [0.25, 0.3) is 0 Å². The van der Waals surface area contributed by atoms with Crippen LogP contribution in [-0.2, 0) is 26.4 Å². The number of hydrogen-bond donors (Lipinski definition) is 1. The largest absolute Gasteiger partial charge is 0.459 e. The van der Waals surface area contributed by atoms with Crippen molar-refractivity contribution in [2.45, 2.75) is 55.4 Å². The molecule has 4 unspecified atom stereocenters. The molecule has 3 fully saturated rings. The van der Waals surface area contributed by atoms with Crippen molar-refractivity contribution in [3.8, 4) is 0 Å². The lowest BCUT2D eigenvalue weighted by Crippen LogP contribution is -2.62. The fourth-order valence-electron chi connectivity index (χ4n) is 5.89. The Morgan fingerprint density at radius 2 is 1.62 bits per heavy atom. The van der Waals surface area contributed by atoms with E-state index in [1.54, 1.807) is 12.1 Å². The minimum absolute atomic E-state index is 0.206. The number of piperidine rings is 1. The van der Waals surface area contributed by atoms with Crippen molar-refractivity contribution in [3.63, 3.8) is 0 Å². The van der Waals surface area contributed by atoms with E-state index in [0.717, 1.165) is 23.9 Å². The Bertz CT molecular complexity index is 1050. The number of carbonyl (C=O) groups excluding carboxylic acids is 1. The number of morpholine rings is 1. The van der Waals surface area contributed by atoms with E-state index in [4.69, 9.17) is 9.47 Å². The zero-order chi connectivity index (χ0) is 21.9. The number of aliphatic hydroxyl groups is 1. The second-order valence-electron chi connectivity index (χ2n) is 9.35. The Kier molecular flexibility index (Phi) is 4.82. The number of fused-ring (bicyclic) bond motifs is 5. The average molecular weight is 469 g/mol. The number of ether oxygens (including phenoxy) is 2. The highest BCUT2D eigenvalue weighted by atomic mass is 32.1. The van der Waals surface area contributed by atoms with Gasteiger partial charge in [-0.15, -0.1) is 22.7 Å². The minimum atomic E-state index is -1.75. The van der Waals surface area contributed by atoms with Crippen LogP contribution in [0.3, 0.4) is 0 Å². The first-order valence-corrected chi connectivity index (χ1v) is 12.8. The molecule has 5 heterocycles. The third kappa shape index (κ3) is 3.10. The molecule has 7 heteroatoms. The molecule has 2 bridgehead atoms. The Hall–Kier alpha value is -2.03. The number of hydrogen-bond acceptors (Lipinski definition) is 6. The van der Waals surface area contributed by atoms with Crippen LogP contribution in [0.4, 0.5) is 0 Å². The number of benzene rings is 1. The van der Waals surface area contributed by atoms with E-state index in [2.05, 4.69) is 31.3 Å². The fourth-order valence-corrected chi connectivity index (χ4v) is 7.61. The van der Waals surface area contributed by atoms with Gasteiger partial charge in [0, 0.05) is 18.4 Å². The van der Waals surface area contributed by atoms with Crippen molar-refractivity contribution in [2.24, 2.45) is 0 Å². The third-order valence-electron chi connectivity index (χ3n) is 7.53. The molecule has 32 heavy (non-hydrogen) atoms. The quantitative estimate of drug-likeness (QED) is 0.339. The number of carbonyl (C=O) groups is 1. The van der Waals surface area contributed by atoms with Crippen LogP contribution in [0.2, 0.25) is 0 Å². The molecule has 3 aliphatic heterocycles. The zero-order valence-corrected chi connectivity index (χ0v) is 19.4. The molecule has 6 rings (SSSR count). The SMILES string of the molecule is C[N+]1(Cc2ccccc2)C2CC(OC(=O)C(O)(c3cccs3)c3cccs3)CC1C1OC12. The summed E-state index contributed by atoms with van der Waals surface area (Å²) in [4.78, 5) is 14.6. The van der Waals surface area contributed by atoms with Gasteiger partial charge in [-0.1, -0.05) is 42.5 Å². The molecular formula is C25H26NO4S2+. The number of nitrogens with zero attached hydrogens (tertiary/aromatic N) is 1. The standard InChI is InChI=1S/C25H26NO4S2/c1-26(15-16-7-3-2-4-8-16)18-13-17(14-19(26)23-22(18)30-23)29-24(27)25(28,20-9-5-11-31-20)21-10-6-12-32-21/h2-12,17-19,22-23,28H,13-15H2,1H3/q+1. The number of esters is 1. The van der Waals surface area contributed by atoms with Gasteiger partial charge in [0.2, 0.25) is 5.60 Å². The third-order valence-corrected chi connectivity index (χ3v) is 9.49. The first-order chi connectivity index (χ1) is 15.5. The lowest BCUT2D eigenvalue weighted by Gasteiger charge is -2.48. The monoisotopic (exact) mass is 468 g/mol. The van der Waals surface area contributed by atoms with Gasteiger partial charge in [0.05, 0.1) is 16.8 Å². The summed E-state index contributed by atoms with van der Waals surface area (Å²) in [5.74, 6) is -0.569. The van der Waals surface area contributed by atoms with E-state index in [-0.39, 0.29) is 18.3 Å². The van der Waals surface area contributed by atoms with Crippen LogP contribution in [0, 0.1) is 0 Å². The molecule has 3 aromatic rings. The topological polar surface area (TPSA) is 59.1 Å². The highest BCUT2D eigenvalue weighted by Gasteiger charge is 2.72. The van der Waals surface area contributed by atoms with Crippen LogP contribution >= 0.6 is 22.7 Å². The summed E-state index contributed by atoms with van der Waals surface area (Å²) in [6.45, 7) is 0.960. The number of rotatable bonds is 6. The van der Waals surface area contributed by atoms with Gasteiger partial charge in [0.15, 0.2) is 0 Å². The molecule has 166 valence electrons. The van der Waals surface area contributed by atoms with Crippen molar-refractivity contribution in [1.29, 1.82) is 0 Å². The number of likely N-dealkylation sites (N-methyl/N-ethyl adjacent to an activating group) is 1. The van der Waals surface area contributed by atoms with Crippen LogP contribution in [0.1, 0.15) is 28.2 Å². The molecule has 3 aliphatic rings. The van der Waals surface area contributed by atoms with Crippen molar-refractivity contribution >= 4 is 28.6 Å². The minimum Gasteiger partial charge on any atom is -0.459 e. The lowest BCUT2D eigenvalue weighted by atomic mass is 9.93. The van der Waals surface area contributed by atoms with Crippen LogP contribution in [-0.4, -0.2) is 53.0 Å². The van der Waals surface area contributed by atoms with Crippen LogP contribution < -0.4 is 0 Å². The van der Waals surface area contributed by atoms with Gasteiger partial charge in [-0.25, -0.2) is 4.79 Å². The van der Waals surface area contributed by atoms with E-state index in [1.807, 2.05) is 29.0 Å². The van der Waals surface area contributed by atoms with Gasteiger partial charge in [0.1, 0.15) is 36.9 Å². The summed E-state index contributed by atoms with van der Waals surface area (Å²) in [6.07, 6.45) is 1.83. The fraction of sp³-hybridized carbons (Fsp3) is 0.400. The molecule has 0 radical (unpaired) electrons. The zero-order valence-electron chi connectivity index (χ0n) is 17.8. The summed E-state index contributed by atoms with van der Waals surface area (Å²) in [6, 6.07) is 18.5. The second kappa shape index (κ2) is 7.50. The van der Waals surface area contributed by atoms with Gasteiger partial charge in [-0.3, -0.25) is 0 Å². The lowest BCUT2D eigenvalue weighted by molar-refractivity contribution is -0.968. The van der Waals surface area contributed by atoms with Crippen LogP contribution in [0.5, 0.6) is 0 Å². The summed E-state index contributed by atoms with van der Waals surface area (Å²) in [5, 5.41) is 15.3. The van der Waals surface area contributed by atoms with Gasteiger partial charge < -0.3 is 19.1 Å². The van der Waals surface area contributed by atoms with E-state index in [9.17, 15) is 9.90 Å². The van der Waals surface area contributed by atoms with E-state index < -0.39 is 11.6 Å². The van der Waals surface area contributed by atoms with Gasteiger partial charge in [0.25, 0.3) is 0 Å². The highest BCUT2D eigenvalue weighted by molar-refractivity contribution is 7.12. The molecule has 0 spiro atoms. The molecular weight excluding hydrogens is 442 g/mol. The van der Waals surface area contributed by atoms with E-state index >= 15 is 0 Å². The first-order valence-electron chi connectivity index (χ1n) is 11.1. The molecule has 3 saturated heterocycles. The molecule has 0 amide bonds. The summed E-state index contributed by atoms with van der Waals surface area (Å²) >= 11 is 2.75. The van der Waals surface area contributed by atoms with Gasteiger partial charge >= 0.3 is 5.97 Å². The Balaban J connectivity index is 1.23. The molecule has 4 atom stereocenters. The van der Waals surface area contributed by atoms with Crippen molar-refractivity contribution < 1.29 is 23.9 Å². The van der Waals surface area contributed by atoms with Gasteiger partial charge in [-0.2, -0.15) is 0 Å². The maximum absolute atomic E-state index is 13.4. The second-order valence-corrected chi connectivity index (χ2v) is 11.2. The average Bonchev–Trinajstić information content (AvgIpc) is 3.12. The number of thiophene rings is 2. The maximum Gasteiger partial charge on any atom is 0.349 e. The maximum atomic E-state index is 13.4. The Morgan fingerprint density at radius 3 is 2.16 bits per heavy atom. The smallest absolute Gasteiger partial charge is 0.349 e. The Morgan fingerprint density at radius 1 is 1.03 bits per heavy atom.